The third-order valence-corrected chi connectivity index (χ3v) is 2.97. The zero-order valence-corrected chi connectivity index (χ0v) is 10.6. The van der Waals surface area contributed by atoms with Gasteiger partial charge in [0.15, 0.2) is 0 Å². The van der Waals surface area contributed by atoms with E-state index in [1.54, 1.807) is 0 Å². The van der Waals surface area contributed by atoms with Gasteiger partial charge in [-0.25, -0.2) is 4.98 Å². The van der Waals surface area contributed by atoms with Crippen LogP contribution in [0, 0.1) is 0 Å². The molecule has 1 saturated heterocycles. The van der Waals surface area contributed by atoms with Gasteiger partial charge in [-0.2, -0.15) is 0 Å². The molecule has 0 saturated carbocycles. The van der Waals surface area contributed by atoms with Gasteiger partial charge in [0.2, 0.25) is 5.91 Å². The average molecular weight is 263 g/mol. The lowest BCUT2D eigenvalue weighted by Gasteiger charge is -2.15. The fraction of sp³-hybridized carbons (Fsp3) is 0.500. The van der Waals surface area contributed by atoms with E-state index >= 15 is 0 Å². The van der Waals surface area contributed by atoms with Gasteiger partial charge in [0, 0.05) is 26.1 Å². The lowest BCUT2D eigenvalue weighted by Crippen LogP contribution is -2.27. The summed E-state index contributed by atoms with van der Waals surface area (Å²) in [4.78, 5) is 32.1. The Bertz CT molecular complexity index is 477. The molecule has 7 heteroatoms. The SMILES string of the molecule is NC(=O)c1cncc(NCCCN2CCCC2=O)n1. The first-order valence-electron chi connectivity index (χ1n) is 6.30. The molecule has 0 aromatic carbocycles. The van der Waals surface area contributed by atoms with Crippen LogP contribution in [-0.2, 0) is 4.79 Å². The molecule has 0 spiro atoms. The Balaban J connectivity index is 1.75. The van der Waals surface area contributed by atoms with Crippen molar-refractivity contribution in [2.45, 2.75) is 19.3 Å². The predicted octanol–water partition coefficient (Wildman–Crippen LogP) is -0.000100. The quantitative estimate of drug-likeness (QED) is 0.703. The maximum absolute atomic E-state index is 11.4. The van der Waals surface area contributed by atoms with Crippen LogP contribution in [0.5, 0.6) is 0 Å². The summed E-state index contributed by atoms with van der Waals surface area (Å²) in [7, 11) is 0. The Morgan fingerprint density at radius 3 is 3.00 bits per heavy atom. The van der Waals surface area contributed by atoms with Gasteiger partial charge in [0.1, 0.15) is 11.5 Å². The molecule has 0 unspecified atom stereocenters. The number of nitrogens with zero attached hydrogens (tertiary/aromatic N) is 3. The minimum atomic E-state index is -0.598. The van der Waals surface area contributed by atoms with Crippen molar-refractivity contribution in [2.75, 3.05) is 25.0 Å². The van der Waals surface area contributed by atoms with E-state index in [4.69, 9.17) is 5.73 Å². The maximum Gasteiger partial charge on any atom is 0.268 e. The number of hydrogen-bond acceptors (Lipinski definition) is 5. The van der Waals surface area contributed by atoms with Crippen LogP contribution < -0.4 is 11.1 Å². The van der Waals surface area contributed by atoms with Crippen molar-refractivity contribution >= 4 is 17.6 Å². The Labute approximate surface area is 111 Å². The Kier molecular flexibility index (Phi) is 4.27. The van der Waals surface area contributed by atoms with Crippen LogP contribution >= 0.6 is 0 Å². The summed E-state index contributed by atoms with van der Waals surface area (Å²) >= 11 is 0. The lowest BCUT2D eigenvalue weighted by atomic mass is 10.4. The normalized spacial score (nSPS) is 14.7. The van der Waals surface area contributed by atoms with Gasteiger partial charge in [0.05, 0.1) is 12.4 Å². The molecule has 102 valence electrons. The van der Waals surface area contributed by atoms with Crippen molar-refractivity contribution in [2.24, 2.45) is 5.73 Å². The summed E-state index contributed by atoms with van der Waals surface area (Å²) in [5, 5.41) is 3.06. The molecule has 0 atom stereocenters. The van der Waals surface area contributed by atoms with E-state index in [9.17, 15) is 9.59 Å². The van der Waals surface area contributed by atoms with E-state index in [2.05, 4.69) is 15.3 Å². The van der Waals surface area contributed by atoms with Crippen LogP contribution in [0.4, 0.5) is 5.82 Å². The minimum absolute atomic E-state index is 0.139. The number of carbonyl (C=O) groups excluding carboxylic acids is 2. The first kappa shape index (κ1) is 13.3. The number of rotatable bonds is 6. The molecule has 7 nitrogen and oxygen atoms in total. The topological polar surface area (TPSA) is 101 Å². The van der Waals surface area contributed by atoms with Crippen LogP contribution in [0.1, 0.15) is 29.8 Å². The minimum Gasteiger partial charge on any atom is -0.369 e. The van der Waals surface area contributed by atoms with Crippen LogP contribution in [0.2, 0.25) is 0 Å². The monoisotopic (exact) mass is 263 g/mol. The van der Waals surface area contributed by atoms with Gasteiger partial charge in [-0.15, -0.1) is 0 Å². The molecule has 0 radical (unpaired) electrons. The van der Waals surface area contributed by atoms with Crippen LogP contribution in [0.3, 0.4) is 0 Å². The number of anilines is 1. The first-order chi connectivity index (χ1) is 9.16. The molecule has 19 heavy (non-hydrogen) atoms. The number of nitrogens with two attached hydrogens (primary N) is 1. The van der Waals surface area contributed by atoms with E-state index in [0.717, 1.165) is 25.9 Å². The highest BCUT2D eigenvalue weighted by Crippen LogP contribution is 2.09. The summed E-state index contributed by atoms with van der Waals surface area (Å²) in [5.74, 6) is 0.151. The summed E-state index contributed by atoms with van der Waals surface area (Å²) in [6, 6.07) is 0. The van der Waals surface area contributed by atoms with E-state index < -0.39 is 5.91 Å². The van der Waals surface area contributed by atoms with Gasteiger partial charge in [-0.3, -0.25) is 14.6 Å². The smallest absolute Gasteiger partial charge is 0.268 e. The molecule has 1 aromatic heterocycles. The highest BCUT2D eigenvalue weighted by molar-refractivity contribution is 5.90. The fourth-order valence-electron chi connectivity index (χ4n) is 2.00. The molecule has 3 N–H and O–H groups in total. The maximum atomic E-state index is 11.4. The number of carbonyl (C=O) groups is 2. The van der Waals surface area contributed by atoms with E-state index in [0.29, 0.717) is 18.8 Å². The number of hydrogen-bond donors (Lipinski definition) is 2. The molecule has 0 bridgehead atoms. The van der Waals surface area contributed by atoms with Crippen molar-refractivity contribution < 1.29 is 9.59 Å². The molecule has 1 aromatic rings. The van der Waals surface area contributed by atoms with Crippen LogP contribution in [0.25, 0.3) is 0 Å². The third kappa shape index (κ3) is 3.64. The molecular weight excluding hydrogens is 246 g/mol. The molecule has 2 amide bonds. The molecule has 0 aliphatic carbocycles. The van der Waals surface area contributed by atoms with Crippen molar-refractivity contribution in [3.05, 3.63) is 18.1 Å². The molecule has 2 heterocycles. The summed E-state index contributed by atoms with van der Waals surface area (Å²) < 4.78 is 0. The Morgan fingerprint density at radius 2 is 2.32 bits per heavy atom. The number of aromatic nitrogens is 2. The number of likely N-dealkylation sites (tertiary alicyclic amines) is 1. The Morgan fingerprint density at radius 1 is 1.47 bits per heavy atom. The standard InChI is InChI=1S/C12H17N5O2/c13-12(19)9-7-14-8-10(16-9)15-4-2-6-17-5-1-3-11(17)18/h7-8H,1-6H2,(H2,13,19)(H,15,16). The van der Waals surface area contributed by atoms with E-state index in [-0.39, 0.29) is 11.6 Å². The first-order valence-corrected chi connectivity index (χ1v) is 6.30. The van der Waals surface area contributed by atoms with E-state index in [1.165, 1.54) is 12.4 Å². The van der Waals surface area contributed by atoms with Crippen molar-refractivity contribution in [1.82, 2.24) is 14.9 Å². The second-order valence-corrected chi connectivity index (χ2v) is 4.42. The third-order valence-electron chi connectivity index (χ3n) is 2.97. The number of amides is 2. The zero-order chi connectivity index (χ0) is 13.7. The summed E-state index contributed by atoms with van der Waals surface area (Å²) in [6.07, 6.45) is 5.32. The van der Waals surface area contributed by atoms with Gasteiger partial charge in [0.25, 0.3) is 5.91 Å². The molecular formula is C12H17N5O2. The number of nitrogens with one attached hydrogen (secondary N) is 1. The summed E-state index contributed by atoms with van der Waals surface area (Å²) in [5.41, 5.74) is 5.26. The second kappa shape index (κ2) is 6.12. The Hall–Kier alpha value is -2.18. The molecule has 1 aliphatic rings. The van der Waals surface area contributed by atoms with Crippen LogP contribution in [-0.4, -0.2) is 46.3 Å². The zero-order valence-electron chi connectivity index (χ0n) is 10.6. The van der Waals surface area contributed by atoms with Gasteiger partial charge < -0.3 is 16.0 Å². The van der Waals surface area contributed by atoms with Crippen molar-refractivity contribution in [1.29, 1.82) is 0 Å². The summed E-state index contributed by atoms with van der Waals surface area (Å²) in [6.45, 7) is 2.27. The fourth-order valence-corrected chi connectivity index (χ4v) is 2.00. The van der Waals surface area contributed by atoms with Crippen LogP contribution in [0.15, 0.2) is 12.4 Å². The number of primary amides is 1. The van der Waals surface area contributed by atoms with Gasteiger partial charge >= 0.3 is 0 Å². The molecule has 2 rings (SSSR count). The average Bonchev–Trinajstić information content (AvgIpc) is 2.81. The highest BCUT2D eigenvalue weighted by Gasteiger charge is 2.18. The predicted molar refractivity (Wildman–Crippen MR) is 69.5 cm³/mol. The molecule has 1 fully saturated rings. The largest absolute Gasteiger partial charge is 0.369 e. The highest BCUT2D eigenvalue weighted by atomic mass is 16.2. The lowest BCUT2D eigenvalue weighted by molar-refractivity contribution is -0.127. The van der Waals surface area contributed by atoms with Gasteiger partial charge in [-0.1, -0.05) is 0 Å². The second-order valence-electron chi connectivity index (χ2n) is 4.42. The molecule has 1 aliphatic heterocycles. The van der Waals surface area contributed by atoms with E-state index in [1.807, 2.05) is 4.90 Å². The van der Waals surface area contributed by atoms with Gasteiger partial charge in [-0.05, 0) is 12.8 Å². The van der Waals surface area contributed by atoms with Crippen molar-refractivity contribution in [3.63, 3.8) is 0 Å². The van der Waals surface area contributed by atoms with Crippen molar-refractivity contribution in [3.8, 4) is 0 Å².